The number of benzene rings is 3. The number of amides is 3. The number of rotatable bonds is 6. The number of nitrogens with zero attached hydrogens (tertiary/aromatic N) is 1. The predicted molar refractivity (Wildman–Crippen MR) is 142 cm³/mol. The fourth-order valence-corrected chi connectivity index (χ4v) is 4.17. The van der Waals surface area contributed by atoms with Crippen molar-refractivity contribution in [2.24, 2.45) is 0 Å². The minimum absolute atomic E-state index is 0.0549. The lowest BCUT2D eigenvalue weighted by Gasteiger charge is -2.36. The molecule has 4 rings (SSSR count). The molecule has 3 aromatic carbocycles. The molecule has 36 heavy (non-hydrogen) atoms. The lowest BCUT2D eigenvalue weighted by molar-refractivity contribution is -0.122. The Balaban J connectivity index is 1.60. The average molecular weight is 486 g/mol. The van der Waals surface area contributed by atoms with Crippen LogP contribution in [0.5, 0.6) is 5.75 Å². The summed E-state index contributed by atoms with van der Waals surface area (Å²) in [6, 6.07) is 20.5. The van der Waals surface area contributed by atoms with Crippen molar-refractivity contribution in [3.63, 3.8) is 0 Å². The predicted octanol–water partition coefficient (Wildman–Crippen LogP) is 5.38. The van der Waals surface area contributed by atoms with E-state index in [9.17, 15) is 14.4 Å². The van der Waals surface area contributed by atoms with Crippen molar-refractivity contribution in [2.75, 3.05) is 22.1 Å². The van der Waals surface area contributed by atoms with Gasteiger partial charge in [0.15, 0.2) is 0 Å². The highest BCUT2D eigenvalue weighted by molar-refractivity contribution is 6.17. The Bertz CT molecular complexity index is 1260. The number of anilines is 3. The van der Waals surface area contributed by atoms with Crippen molar-refractivity contribution < 1.29 is 19.1 Å². The van der Waals surface area contributed by atoms with Gasteiger partial charge in [0.1, 0.15) is 11.8 Å². The molecule has 1 heterocycles. The maximum absolute atomic E-state index is 13.7. The van der Waals surface area contributed by atoms with Gasteiger partial charge < -0.3 is 15.4 Å². The Hall–Kier alpha value is -4.13. The summed E-state index contributed by atoms with van der Waals surface area (Å²) in [6.45, 7) is 8.76. The van der Waals surface area contributed by atoms with Gasteiger partial charge in [-0.25, -0.2) is 0 Å². The van der Waals surface area contributed by atoms with Crippen LogP contribution in [0.3, 0.4) is 0 Å². The lowest BCUT2D eigenvalue weighted by atomic mass is 9.86. The molecule has 1 aliphatic heterocycles. The summed E-state index contributed by atoms with van der Waals surface area (Å²) in [4.78, 5) is 41.2. The molecule has 1 aliphatic rings. The molecule has 186 valence electrons. The summed E-state index contributed by atoms with van der Waals surface area (Å²) in [5, 5.41) is 5.65. The molecule has 0 spiro atoms. The van der Waals surface area contributed by atoms with Crippen LogP contribution >= 0.6 is 0 Å². The summed E-state index contributed by atoms with van der Waals surface area (Å²) < 4.78 is 5.43. The van der Waals surface area contributed by atoms with Crippen molar-refractivity contribution in [1.29, 1.82) is 0 Å². The molecular formula is C29H31N3O4. The molecular weight excluding hydrogens is 454 g/mol. The van der Waals surface area contributed by atoms with E-state index in [1.807, 2.05) is 19.1 Å². The Morgan fingerprint density at radius 1 is 0.972 bits per heavy atom. The zero-order valence-electron chi connectivity index (χ0n) is 21.0. The van der Waals surface area contributed by atoms with Gasteiger partial charge in [0.25, 0.3) is 5.91 Å². The second-order valence-electron chi connectivity index (χ2n) is 9.73. The molecule has 7 nitrogen and oxygen atoms in total. The molecule has 2 N–H and O–H groups in total. The quantitative estimate of drug-likeness (QED) is 0.491. The Morgan fingerprint density at radius 3 is 2.28 bits per heavy atom. The molecule has 3 amide bonds. The summed E-state index contributed by atoms with van der Waals surface area (Å²) >= 11 is 0. The second-order valence-corrected chi connectivity index (χ2v) is 9.73. The number of carbonyl (C=O) groups is 3. The molecule has 3 aromatic rings. The number of nitrogens with one attached hydrogen (secondary N) is 2. The highest BCUT2D eigenvalue weighted by Crippen LogP contribution is 2.34. The largest absolute Gasteiger partial charge is 0.494 e. The van der Waals surface area contributed by atoms with Crippen molar-refractivity contribution in [3.05, 3.63) is 83.9 Å². The number of para-hydroxylation sites is 2. The fourth-order valence-electron chi connectivity index (χ4n) is 4.17. The van der Waals surface area contributed by atoms with E-state index in [0.29, 0.717) is 35.0 Å². The van der Waals surface area contributed by atoms with Gasteiger partial charge in [-0.3, -0.25) is 19.3 Å². The molecule has 0 unspecified atom stereocenters. The molecule has 0 aliphatic carbocycles. The average Bonchev–Trinajstić information content (AvgIpc) is 2.85. The number of hydrogen-bond donors (Lipinski definition) is 2. The topological polar surface area (TPSA) is 87.7 Å². The molecule has 7 heteroatoms. The first kappa shape index (κ1) is 25.0. The Kier molecular flexibility index (Phi) is 7.10. The van der Waals surface area contributed by atoms with E-state index in [0.717, 1.165) is 5.56 Å². The van der Waals surface area contributed by atoms with Crippen LogP contribution in [0.1, 0.15) is 50.0 Å². The third-order valence-electron chi connectivity index (χ3n) is 6.08. The van der Waals surface area contributed by atoms with Crippen LogP contribution in [0.4, 0.5) is 17.1 Å². The van der Waals surface area contributed by atoms with E-state index in [4.69, 9.17) is 4.74 Å². The van der Waals surface area contributed by atoms with E-state index < -0.39 is 11.9 Å². The van der Waals surface area contributed by atoms with Gasteiger partial charge in [-0.2, -0.15) is 0 Å². The molecule has 0 saturated carbocycles. The molecule has 0 fully saturated rings. The van der Waals surface area contributed by atoms with Crippen LogP contribution in [0, 0.1) is 0 Å². The van der Waals surface area contributed by atoms with E-state index in [1.54, 1.807) is 60.7 Å². The van der Waals surface area contributed by atoms with Gasteiger partial charge in [0, 0.05) is 11.3 Å². The minimum Gasteiger partial charge on any atom is -0.494 e. The van der Waals surface area contributed by atoms with E-state index >= 15 is 0 Å². The molecule has 0 saturated heterocycles. The maximum atomic E-state index is 13.7. The lowest BCUT2D eigenvalue weighted by Crippen LogP contribution is -2.52. The number of fused-ring (bicyclic) bond motifs is 1. The van der Waals surface area contributed by atoms with Crippen molar-refractivity contribution in [3.8, 4) is 5.75 Å². The van der Waals surface area contributed by atoms with Gasteiger partial charge in [-0.15, -0.1) is 0 Å². The monoisotopic (exact) mass is 485 g/mol. The molecule has 0 aromatic heterocycles. The molecule has 0 radical (unpaired) electrons. The van der Waals surface area contributed by atoms with Crippen molar-refractivity contribution >= 4 is 34.8 Å². The van der Waals surface area contributed by atoms with Crippen LogP contribution < -0.4 is 20.3 Å². The normalized spacial score (nSPS) is 15.1. The van der Waals surface area contributed by atoms with E-state index in [2.05, 4.69) is 31.4 Å². The van der Waals surface area contributed by atoms with Crippen LogP contribution in [0.15, 0.2) is 72.8 Å². The highest BCUT2D eigenvalue weighted by atomic mass is 16.5. The summed E-state index contributed by atoms with van der Waals surface area (Å²) in [5.74, 6) is -0.417. The van der Waals surface area contributed by atoms with Gasteiger partial charge in [-0.05, 0) is 66.4 Å². The number of ether oxygens (including phenoxy) is 1. The van der Waals surface area contributed by atoms with Crippen LogP contribution in [-0.4, -0.2) is 30.4 Å². The summed E-state index contributed by atoms with van der Waals surface area (Å²) in [6.07, 6.45) is -0.195. The zero-order valence-corrected chi connectivity index (χ0v) is 21.0. The van der Waals surface area contributed by atoms with E-state index in [1.165, 1.54) is 4.90 Å². The van der Waals surface area contributed by atoms with Crippen LogP contribution in [-0.2, 0) is 15.0 Å². The summed E-state index contributed by atoms with van der Waals surface area (Å²) in [5.41, 5.74) is 3.16. The third-order valence-corrected chi connectivity index (χ3v) is 6.08. The SMILES string of the molecule is CCOc1ccc(NC(=O)C[C@H]2C(=O)Nc3ccccc3N2C(=O)c2ccc(C(C)(C)C)cc2)cc1. The van der Waals surface area contributed by atoms with Crippen LogP contribution in [0.2, 0.25) is 0 Å². The first-order chi connectivity index (χ1) is 17.2. The third kappa shape index (κ3) is 5.40. The summed E-state index contributed by atoms with van der Waals surface area (Å²) in [7, 11) is 0. The Morgan fingerprint density at radius 2 is 1.64 bits per heavy atom. The van der Waals surface area contributed by atoms with Gasteiger partial charge in [0.05, 0.1) is 24.4 Å². The molecule has 1 atom stereocenters. The van der Waals surface area contributed by atoms with Gasteiger partial charge >= 0.3 is 0 Å². The molecule has 0 bridgehead atoms. The van der Waals surface area contributed by atoms with Gasteiger partial charge in [-0.1, -0.05) is 45.0 Å². The first-order valence-corrected chi connectivity index (χ1v) is 12.0. The van der Waals surface area contributed by atoms with Crippen LogP contribution in [0.25, 0.3) is 0 Å². The highest BCUT2D eigenvalue weighted by Gasteiger charge is 2.38. The van der Waals surface area contributed by atoms with Gasteiger partial charge in [0.2, 0.25) is 11.8 Å². The second kappa shape index (κ2) is 10.2. The zero-order chi connectivity index (χ0) is 25.9. The number of carbonyl (C=O) groups excluding carboxylic acids is 3. The standard InChI is InChI=1S/C29H31N3O4/c1-5-36-22-16-14-21(15-17-22)30-26(33)18-25-27(34)31-23-8-6-7-9-24(23)32(25)28(35)19-10-12-20(13-11-19)29(2,3)4/h6-17,25H,5,18H2,1-4H3,(H,30,33)(H,31,34)/t25-/m0/s1. The Labute approximate surface area is 211 Å². The number of hydrogen-bond acceptors (Lipinski definition) is 4. The maximum Gasteiger partial charge on any atom is 0.259 e. The van der Waals surface area contributed by atoms with Crippen molar-refractivity contribution in [2.45, 2.75) is 45.6 Å². The first-order valence-electron chi connectivity index (χ1n) is 12.0. The van der Waals surface area contributed by atoms with E-state index in [-0.39, 0.29) is 23.7 Å². The van der Waals surface area contributed by atoms with Crippen molar-refractivity contribution in [1.82, 2.24) is 0 Å². The minimum atomic E-state index is -1.00. The smallest absolute Gasteiger partial charge is 0.259 e. The fraction of sp³-hybridized carbons (Fsp3) is 0.276.